The molecule has 0 atom stereocenters. The Labute approximate surface area is 394 Å². The van der Waals surface area contributed by atoms with E-state index in [0.29, 0.717) is 11.8 Å². The van der Waals surface area contributed by atoms with Gasteiger partial charge in [-0.25, -0.2) is 0 Å². The Morgan fingerprint density at radius 1 is 0.403 bits per heavy atom. The largest absolute Gasteiger partial charge is 0.310 e. The van der Waals surface area contributed by atoms with Crippen molar-refractivity contribution in [2.24, 2.45) is 23.7 Å². The van der Waals surface area contributed by atoms with E-state index >= 15 is 0 Å². The van der Waals surface area contributed by atoms with E-state index in [2.05, 4.69) is 240 Å². The summed E-state index contributed by atoms with van der Waals surface area (Å²) in [6.45, 7) is 0. The molecule has 4 aliphatic carbocycles. The number of hydrogen-bond acceptors (Lipinski definition) is 1. The standard InChI is InChI=1S/C64H52N2Si/c1-5-17-50(18-6-1)65(51-33-29-46(30-34-51)47-31-35-55(36-32-47)67(52-19-7-2-8-20-52,53-21-9-3-10-22-53)54-23-11-4-12-24-54)61-38-37-58-63-62(61)56-25-13-15-27-59(56)66(63)60-28-16-14-26-57(60)64(58)48-40-44-39-45(42-48)43-49(64)41-44/h1-38,44-45,48-49H,39-43H2. The summed E-state index contributed by atoms with van der Waals surface area (Å²) in [5, 5.41) is 8.23. The molecule has 3 heteroatoms. The highest BCUT2D eigenvalue weighted by Crippen LogP contribution is 2.68. The average Bonchev–Trinajstić information content (AvgIpc) is 3.75. The van der Waals surface area contributed by atoms with Crippen molar-refractivity contribution in [2.45, 2.75) is 37.5 Å². The zero-order valence-electron chi connectivity index (χ0n) is 37.7. The van der Waals surface area contributed by atoms with Gasteiger partial charge in [0, 0.05) is 27.6 Å². The summed E-state index contributed by atoms with van der Waals surface area (Å²) in [5.74, 6) is 3.16. The highest BCUT2D eigenvalue weighted by atomic mass is 28.3. The van der Waals surface area contributed by atoms with Gasteiger partial charge in [-0.1, -0.05) is 188 Å². The summed E-state index contributed by atoms with van der Waals surface area (Å²) >= 11 is 0. The monoisotopic (exact) mass is 876 g/mol. The van der Waals surface area contributed by atoms with Crippen molar-refractivity contribution in [1.82, 2.24) is 4.57 Å². The minimum absolute atomic E-state index is 0.0470. The molecule has 1 aromatic heterocycles. The van der Waals surface area contributed by atoms with Crippen molar-refractivity contribution < 1.29 is 0 Å². The molecule has 4 bridgehead atoms. The second-order valence-corrected chi connectivity index (χ2v) is 23.9. The minimum atomic E-state index is -2.62. The summed E-state index contributed by atoms with van der Waals surface area (Å²) in [4.78, 5) is 2.52. The summed E-state index contributed by atoms with van der Waals surface area (Å²) in [5.41, 5.74) is 13.3. The van der Waals surface area contributed by atoms with Crippen LogP contribution in [0.1, 0.15) is 43.2 Å². The van der Waals surface area contributed by atoms with E-state index < -0.39 is 8.07 Å². The van der Waals surface area contributed by atoms with Crippen LogP contribution in [0.5, 0.6) is 0 Å². The predicted molar refractivity (Wildman–Crippen MR) is 282 cm³/mol. The van der Waals surface area contributed by atoms with Crippen LogP contribution in [0.2, 0.25) is 0 Å². The van der Waals surface area contributed by atoms with E-state index in [1.165, 1.54) is 97.2 Å². The first-order valence-electron chi connectivity index (χ1n) is 24.6. The highest BCUT2D eigenvalue weighted by Gasteiger charge is 2.61. The Morgan fingerprint density at radius 2 is 0.881 bits per heavy atom. The van der Waals surface area contributed by atoms with Crippen LogP contribution in [-0.2, 0) is 5.41 Å². The molecular weight excluding hydrogens is 825 g/mol. The van der Waals surface area contributed by atoms with Gasteiger partial charge in [0.1, 0.15) is 0 Å². The fourth-order valence-corrected chi connectivity index (χ4v) is 19.3. The van der Waals surface area contributed by atoms with Gasteiger partial charge in [-0.05, 0) is 141 Å². The van der Waals surface area contributed by atoms with Crippen LogP contribution in [-0.4, -0.2) is 12.6 Å². The van der Waals surface area contributed by atoms with Gasteiger partial charge in [-0.2, -0.15) is 0 Å². The molecule has 2 nitrogen and oxygen atoms in total. The SMILES string of the molecule is c1ccc(N(c2ccc(-c3ccc([Si](c4ccccc4)(c4ccccc4)c4ccccc4)cc3)cc2)c2ccc3c4c2c2ccccc2n4-c2ccccc2C32C3CC4CC(C3)CC2C4)cc1. The molecule has 0 saturated heterocycles. The molecule has 1 spiro atoms. The number of para-hydroxylation sites is 3. The Bertz CT molecular complexity index is 3330. The van der Waals surface area contributed by atoms with Crippen LogP contribution >= 0.6 is 0 Å². The Morgan fingerprint density at radius 3 is 1.48 bits per heavy atom. The molecule has 9 aromatic carbocycles. The molecule has 15 rings (SSSR count). The van der Waals surface area contributed by atoms with Gasteiger partial charge in [-0.3, -0.25) is 0 Å². The Kier molecular flexibility index (Phi) is 8.83. The average molecular weight is 877 g/mol. The summed E-state index contributed by atoms with van der Waals surface area (Å²) < 4.78 is 2.65. The van der Waals surface area contributed by atoms with E-state index in [4.69, 9.17) is 0 Å². The second-order valence-electron chi connectivity index (χ2n) is 20.0. The summed E-state index contributed by atoms with van der Waals surface area (Å²) in [6.07, 6.45) is 6.92. The molecule has 67 heavy (non-hydrogen) atoms. The maximum Gasteiger partial charge on any atom is 0.179 e. The van der Waals surface area contributed by atoms with Gasteiger partial charge < -0.3 is 9.47 Å². The second kappa shape index (κ2) is 15.2. The van der Waals surface area contributed by atoms with E-state index in [0.717, 1.165) is 23.2 Å². The molecule has 4 saturated carbocycles. The van der Waals surface area contributed by atoms with Crippen molar-refractivity contribution in [3.05, 3.63) is 242 Å². The lowest BCUT2D eigenvalue weighted by atomic mass is 9.41. The first-order chi connectivity index (χ1) is 33.2. The van der Waals surface area contributed by atoms with Gasteiger partial charge in [-0.15, -0.1) is 0 Å². The van der Waals surface area contributed by atoms with Gasteiger partial charge in [0.2, 0.25) is 0 Å². The first kappa shape index (κ1) is 39.0. The minimum Gasteiger partial charge on any atom is -0.310 e. The van der Waals surface area contributed by atoms with Crippen LogP contribution in [0.3, 0.4) is 0 Å². The number of benzene rings is 9. The number of fused-ring (bicyclic) bond motifs is 5. The van der Waals surface area contributed by atoms with Crippen molar-refractivity contribution in [3.63, 3.8) is 0 Å². The lowest BCUT2D eigenvalue weighted by Crippen LogP contribution is -2.74. The molecule has 5 aliphatic rings. The summed E-state index contributed by atoms with van der Waals surface area (Å²) in [7, 11) is -2.62. The lowest BCUT2D eigenvalue weighted by Gasteiger charge is -2.63. The number of rotatable bonds is 8. The fourth-order valence-electron chi connectivity index (χ4n) is 14.6. The maximum absolute atomic E-state index is 2.65. The van der Waals surface area contributed by atoms with Crippen LogP contribution < -0.4 is 25.6 Å². The van der Waals surface area contributed by atoms with Gasteiger partial charge in [0.25, 0.3) is 0 Å². The van der Waals surface area contributed by atoms with E-state index in [-0.39, 0.29) is 5.41 Å². The molecule has 2 heterocycles. The van der Waals surface area contributed by atoms with E-state index in [1.807, 2.05) is 0 Å². The first-order valence-corrected chi connectivity index (χ1v) is 26.6. The number of anilines is 3. The quantitative estimate of drug-likeness (QED) is 0.109. The van der Waals surface area contributed by atoms with Gasteiger partial charge >= 0.3 is 0 Å². The lowest BCUT2D eigenvalue weighted by molar-refractivity contribution is -0.0418. The van der Waals surface area contributed by atoms with Crippen LogP contribution in [0.15, 0.2) is 231 Å². The molecule has 0 amide bonds. The van der Waals surface area contributed by atoms with Crippen molar-refractivity contribution in [1.29, 1.82) is 0 Å². The number of aromatic nitrogens is 1. The summed E-state index contributed by atoms with van der Waals surface area (Å²) in [6, 6.07) is 87.3. The third-order valence-corrected chi connectivity index (χ3v) is 21.7. The molecule has 4 fully saturated rings. The molecule has 0 N–H and O–H groups in total. The van der Waals surface area contributed by atoms with Crippen LogP contribution in [0.25, 0.3) is 38.6 Å². The Hall–Kier alpha value is -7.20. The normalized spacial score (nSPS) is 21.2. The van der Waals surface area contributed by atoms with E-state index in [9.17, 15) is 0 Å². The zero-order chi connectivity index (χ0) is 44.1. The van der Waals surface area contributed by atoms with Crippen molar-refractivity contribution >= 4 is 67.7 Å². The third-order valence-electron chi connectivity index (χ3n) is 16.9. The van der Waals surface area contributed by atoms with Crippen LogP contribution in [0.4, 0.5) is 17.1 Å². The zero-order valence-corrected chi connectivity index (χ0v) is 38.7. The molecule has 1 aliphatic heterocycles. The molecular formula is C64H52N2Si. The fraction of sp³-hybridized carbons (Fsp3) is 0.156. The molecule has 0 unspecified atom stereocenters. The molecule has 0 radical (unpaired) electrons. The smallest absolute Gasteiger partial charge is 0.179 e. The van der Waals surface area contributed by atoms with Crippen LogP contribution in [0, 0.1) is 23.7 Å². The Balaban J connectivity index is 0.915. The van der Waals surface area contributed by atoms with Crippen molar-refractivity contribution in [2.75, 3.05) is 4.90 Å². The molecule has 322 valence electrons. The highest BCUT2D eigenvalue weighted by molar-refractivity contribution is 7.19. The van der Waals surface area contributed by atoms with Gasteiger partial charge in [0.15, 0.2) is 8.07 Å². The number of nitrogens with zero attached hydrogens (tertiary/aromatic N) is 2. The predicted octanol–water partition coefficient (Wildman–Crippen LogP) is 13.4. The van der Waals surface area contributed by atoms with E-state index in [1.54, 1.807) is 11.1 Å². The van der Waals surface area contributed by atoms with Gasteiger partial charge in [0.05, 0.1) is 22.4 Å². The topological polar surface area (TPSA) is 8.17 Å². The molecule has 10 aromatic rings. The maximum atomic E-state index is 2.65. The number of hydrogen-bond donors (Lipinski definition) is 0. The third kappa shape index (κ3) is 5.61. The van der Waals surface area contributed by atoms with Crippen molar-refractivity contribution in [3.8, 4) is 16.8 Å².